The molecule has 0 saturated carbocycles. The molecule has 0 fully saturated rings. The van der Waals surface area contributed by atoms with Crippen molar-refractivity contribution < 1.29 is 19.1 Å². The Hall–Kier alpha value is -1.58. The molecule has 0 N–H and O–H groups in total. The lowest BCUT2D eigenvalue weighted by Crippen LogP contribution is -2.35. The Bertz CT molecular complexity index is 430. The fourth-order valence-electron chi connectivity index (χ4n) is 2.49. The minimum atomic E-state index is -0.303. The Morgan fingerprint density at radius 3 is 2.50 bits per heavy atom. The van der Waals surface area contributed by atoms with E-state index >= 15 is 0 Å². The second kappa shape index (κ2) is 7.27. The number of esters is 1. The molecule has 112 valence electrons. The zero-order valence-corrected chi connectivity index (χ0v) is 12.9. The summed E-state index contributed by atoms with van der Waals surface area (Å²) in [5.41, 5.74) is 1.22. The number of methoxy groups -OCH3 is 1. The SMILES string of the molecule is COC1=CC(COC(C)=O)C(CC=C(C)C)C(C)C1=O. The molecule has 0 saturated heterocycles. The van der Waals surface area contributed by atoms with Gasteiger partial charge in [0.1, 0.15) is 0 Å². The molecule has 1 aliphatic rings. The van der Waals surface area contributed by atoms with Crippen LogP contribution < -0.4 is 0 Å². The summed E-state index contributed by atoms with van der Waals surface area (Å²) in [6, 6.07) is 0. The van der Waals surface area contributed by atoms with Crippen LogP contribution in [0.2, 0.25) is 0 Å². The maximum Gasteiger partial charge on any atom is 0.302 e. The van der Waals surface area contributed by atoms with Crippen molar-refractivity contribution in [3.8, 4) is 0 Å². The second-order valence-electron chi connectivity index (χ2n) is 5.54. The molecule has 4 heteroatoms. The van der Waals surface area contributed by atoms with E-state index < -0.39 is 0 Å². The molecule has 3 unspecified atom stereocenters. The van der Waals surface area contributed by atoms with Crippen molar-refractivity contribution >= 4 is 11.8 Å². The number of carbonyl (C=O) groups is 2. The molecule has 0 aliphatic heterocycles. The van der Waals surface area contributed by atoms with Crippen LogP contribution in [0.25, 0.3) is 0 Å². The highest BCUT2D eigenvalue weighted by Crippen LogP contribution is 2.35. The van der Waals surface area contributed by atoms with Gasteiger partial charge in [-0.1, -0.05) is 18.6 Å². The van der Waals surface area contributed by atoms with Gasteiger partial charge in [-0.3, -0.25) is 9.59 Å². The van der Waals surface area contributed by atoms with E-state index in [1.807, 2.05) is 20.8 Å². The number of allylic oxidation sites excluding steroid dienone is 3. The summed E-state index contributed by atoms with van der Waals surface area (Å²) in [6.45, 7) is 7.67. The van der Waals surface area contributed by atoms with Crippen molar-refractivity contribution in [1.82, 2.24) is 0 Å². The lowest BCUT2D eigenvalue weighted by atomic mass is 9.73. The van der Waals surface area contributed by atoms with E-state index in [1.54, 1.807) is 6.08 Å². The molecule has 0 heterocycles. The Morgan fingerprint density at radius 2 is 2.00 bits per heavy atom. The maximum absolute atomic E-state index is 12.2. The summed E-state index contributed by atoms with van der Waals surface area (Å²) in [5.74, 6) is 0.114. The highest BCUT2D eigenvalue weighted by molar-refractivity contribution is 5.96. The summed E-state index contributed by atoms with van der Waals surface area (Å²) >= 11 is 0. The van der Waals surface area contributed by atoms with E-state index in [-0.39, 0.29) is 29.5 Å². The molecule has 0 aromatic carbocycles. The Labute approximate surface area is 120 Å². The molecule has 0 radical (unpaired) electrons. The minimum absolute atomic E-state index is 0.0112. The number of Topliss-reactive ketones (excluding diaryl/α,β-unsaturated/α-hetero) is 1. The van der Waals surface area contributed by atoms with Gasteiger partial charge in [0.25, 0.3) is 0 Å². The van der Waals surface area contributed by atoms with Gasteiger partial charge < -0.3 is 9.47 Å². The zero-order valence-electron chi connectivity index (χ0n) is 12.9. The van der Waals surface area contributed by atoms with Crippen molar-refractivity contribution in [3.05, 3.63) is 23.5 Å². The fourth-order valence-corrected chi connectivity index (χ4v) is 2.49. The van der Waals surface area contributed by atoms with Crippen LogP contribution in [0.3, 0.4) is 0 Å². The van der Waals surface area contributed by atoms with Crippen LogP contribution in [0.15, 0.2) is 23.5 Å². The van der Waals surface area contributed by atoms with Crippen LogP contribution in [-0.2, 0) is 19.1 Å². The minimum Gasteiger partial charge on any atom is -0.493 e. The molecule has 3 atom stereocenters. The first kappa shape index (κ1) is 16.5. The van der Waals surface area contributed by atoms with Crippen molar-refractivity contribution in [2.24, 2.45) is 17.8 Å². The number of hydrogen-bond acceptors (Lipinski definition) is 4. The predicted octanol–water partition coefficient (Wildman–Crippen LogP) is 2.89. The molecule has 0 amide bonds. The molecule has 1 aliphatic carbocycles. The van der Waals surface area contributed by atoms with Crippen LogP contribution in [0.4, 0.5) is 0 Å². The molecular weight excluding hydrogens is 256 g/mol. The average Bonchev–Trinajstić information content (AvgIpc) is 2.38. The average molecular weight is 280 g/mol. The Kier molecular flexibility index (Phi) is 5.99. The molecular formula is C16H24O4. The summed E-state index contributed by atoms with van der Waals surface area (Å²) in [7, 11) is 1.50. The van der Waals surface area contributed by atoms with Gasteiger partial charge in [-0.2, -0.15) is 0 Å². The zero-order chi connectivity index (χ0) is 15.3. The van der Waals surface area contributed by atoms with Gasteiger partial charge in [0.05, 0.1) is 13.7 Å². The third-order valence-electron chi connectivity index (χ3n) is 3.71. The quantitative estimate of drug-likeness (QED) is 0.574. The normalized spacial score (nSPS) is 25.8. The van der Waals surface area contributed by atoms with Gasteiger partial charge in [0.2, 0.25) is 0 Å². The van der Waals surface area contributed by atoms with E-state index in [0.717, 1.165) is 6.42 Å². The first-order valence-corrected chi connectivity index (χ1v) is 6.93. The molecule has 1 rings (SSSR count). The molecule has 0 spiro atoms. The summed E-state index contributed by atoms with van der Waals surface area (Å²) < 4.78 is 10.3. The third-order valence-corrected chi connectivity index (χ3v) is 3.71. The van der Waals surface area contributed by atoms with Gasteiger partial charge >= 0.3 is 5.97 Å². The van der Waals surface area contributed by atoms with Crippen molar-refractivity contribution in [2.75, 3.05) is 13.7 Å². The molecule has 0 aromatic rings. The molecule has 4 nitrogen and oxygen atoms in total. The van der Waals surface area contributed by atoms with Crippen LogP contribution >= 0.6 is 0 Å². The summed E-state index contributed by atoms with van der Waals surface area (Å²) in [6.07, 6.45) is 4.73. The van der Waals surface area contributed by atoms with E-state index in [0.29, 0.717) is 12.4 Å². The Balaban J connectivity index is 2.95. The fraction of sp³-hybridized carbons (Fsp3) is 0.625. The number of carbonyl (C=O) groups excluding carboxylic acids is 2. The van der Waals surface area contributed by atoms with Gasteiger partial charge in [0.15, 0.2) is 11.5 Å². The smallest absolute Gasteiger partial charge is 0.302 e. The molecule has 20 heavy (non-hydrogen) atoms. The van der Waals surface area contributed by atoms with Gasteiger partial charge in [0, 0.05) is 18.8 Å². The van der Waals surface area contributed by atoms with Crippen LogP contribution in [0.1, 0.15) is 34.1 Å². The molecule has 0 aromatic heterocycles. The standard InChI is InChI=1S/C16H24O4/c1-10(2)6-7-14-11(3)16(18)15(19-5)8-13(14)9-20-12(4)17/h6,8,11,13-14H,7,9H2,1-5H3. The lowest BCUT2D eigenvalue weighted by molar-refractivity contribution is -0.142. The topological polar surface area (TPSA) is 52.6 Å². The van der Waals surface area contributed by atoms with Crippen LogP contribution in [-0.4, -0.2) is 25.5 Å². The van der Waals surface area contributed by atoms with Crippen molar-refractivity contribution in [3.63, 3.8) is 0 Å². The highest BCUT2D eigenvalue weighted by Gasteiger charge is 2.37. The predicted molar refractivity (Wildman–Crippen MR) is 76.9 cm³/mol. The number of rotatable bonds is 5. The van der Waals surface area contributed by atoms with Crippen LogP contribution in [0, 0.1) is 17.8 Å². The van der Waals surface area contributed by atoms with E-state index in [2.05, 4.69) is 6.08 Å². The van der Waals surface area contributed by atoms with Gasteiger partial charge in [-0.15, -0.1) is 0 Å². The number of ether oxygens (including phenoxy) is 2. The van der Waals surface area contributed by atoms with E-state index in [1.165, 1.54) is 19.6 Å². The van der Waals surface area contributed by atoms with E-state index in [9.17, 15) is 9.59 Å². The largest absolute Gasteiger partial charge is 0.493 e. The van der Waals surface area contributed by atoms with Crippen LogP contribution in [0.5, 0.6) is 0 Å². The Morgan fingerprint density at radius 1 is 1.35 bits per heavy atom. The van der Waals surface area contributed by atoms with Gasteiger partial charge in [-0.25, -0.2) is 0 Å². The summed E-state index contributed by atoms with van der Waals surface area (Å²) in [5, 5.41) is 0. The van der Waals surface area contributed by atoms with Crippen molar-refractivity contribution in [1.29, 1.82) is 0 Å². The molecule has 0 bridgehead atoms. The number of ketones is 1. The highest BCUT2D eigenvalue weighted by atomic mass is 16.5. The summed E-state index contributed by atoms with van der Waals surface area (Å²) in [4.78, 5) is 23.2. The van der Waals surface area contributed by atoms with E-state index in [4.69, 9.17) is 9.47 Å². The second-order valence-corrected chi connectivity index (χ2v) is 5.54. The third kappa shape index (κ3) is 4.22. The first-order valence-electron chi connectivity index (χ1n) is 6.93. The maximum atomic E-state index is 12.2. The monoisotopic (exact) mass is 280 g/mol. The first-order chi connectivity index (χ1) is 9.36. The van der Waals surface area contributed by atoms with Gasteiger partial charge in [-0.05, 0) is 32.3 Å². The lowest BCUT2D eigenvalue weighted by Gasteiger charge is -2.33. The van der Waals surface area contributed by atoms with Crippen molar-refractivity contribution in [2.45, 2.75) is 34.1 Å². The number of hydrogen-bond donors (Lipinski definition) is 0.